The minimum atomic E-state index is -0.388. The second kappa shape index (κ2) is 7.34. The van der Waals surface area contributed by atoms with Crippen molar-refractivity contribution in [2.24, 2.45) is 5.92 Å². The van der Waals surface area contributed by atoms with Crippen LogP contribution in [0.15, 0.2) is 10.9 Å². The van der Waals surface area contributed by atoms with Gasteiger partial charge in [0.2, 0.25) is 10.1 Å². The molecule has 1 atom stereocenters. The van der Waals surface area contributed by atoms with E-state index in [2.05, 4.69) is 27.2 Å². The fourth-order valence-electron chi connectivity index (χ4n) is 3.96. The first-order valence-electron chi connectivity index (χ1n) is 9.57. The van der Waals surface area contributed by atoms with Crippen LogP contribution in [0.5, 0.6) is 0 Å². The van der Waals surface area contributed by atoms with Gasteiger partial charge in [0, 0.05) is 25.2 Å². The number of fused-ring (bicyclic) bond motifs is 1. The van der Waals surface area contributed by atoms with Crippen molar-refractivity contribution in [3.8, 4) is 0 Å². The van der Waals surface area contributed by atoms with Gasteiger partial charge in [0.05, 0.1) is 0 Å². The number of rotatable bonds is 3. The molecule has 7 nitrogen and oxygen atoms in total. The van der Waals surface area contributed by atoms with E-state index in [9.17, 15) is 9.59 Å². The van der Waals surface area contributed by atoms with Crippen LogP contribution in [0.3, 0.4) is 0 Å². The lowest BCUT2D eigenvalue weighted by Gasteiger charge is -2.30. The van der Waals surface area contributed by atoms with Crippen molar-refractivity contribution in [1.82, 2.24) is 19.9 Å². The van der Waals surface area contributed by atoms with E-state index in [1.807, 2.05) is 0 Å². The van der Waals surface area contributed by atoms with Crippen molar-refractivity contribution in [3.05, 3.63) is 22.1 Å². The maximum Gasteiger partial charge on any atom is 0.274 e. The zero-order chi connectivity index (χ0) is 18.1. The number of nitrogens with one attached hydrogen (secondary N) is 1. The Bertz CT molecular complexity index is 855. The van der Waals surface area contributed by atoms with E-state index in [-0.39, 0.29) is 23.2 Å². The third kappa shape index (κ3) is 3.60. The Balaban J connectivity index is 1.63. The second-order valence-corrected chi connectivity index (χ2v) is 8.49. The van der Waals surface area contributed by atoms with Gasteiger partial charge in [-0.05, 0) is 31.6 Å². The van der Waals surface area contributed by atoms with Crippen LogP contribution in [0.2, 0.25) is 0 Å². The Morgan fingerprint density at radius 2 is 2.04 bits per heavy atom. The molecule has 0 spiro atoms. The van der Waals surface area contributed by atoms with Crippen LogP contribution in [-0.4, -0.2) is 39.6 Å². The topological polar surface area (TPSA) is 79.6 Å². The number of carbonyl (C=O) groups is 1. The molecule has 8 heteroatoms. The molecule has 1 saturated heterocycles. The minimum Gasteiger partial charge on any atom is -0.348 e. The second-order valence-electron chi connectivity index (χ2n) is 7.56. The van der Waals surface area contributed by atoms with Gasteiger partial charge >= 0.3 is 0 Å². The molecule has 2 aromatic rings. The van der Waals surface area contributed by atoms with Gasteiger partial charge in [0.25, 0.3) is 11.5 Å². The largest absolute Gasteiger partial charge is 0.348 e. The molecule has 1 aliphatic heterocycles. The van der Waals surface area contributed by atoms with Crippen molar-refractivity contribution in [2.75, 3.05) is 18.0 Å². The average molecular weight is 375 g/mol. The van der Waals surface area contributed by atoms with Crippen LogP contribution >= 0.6 is 11.3 Å². The molecule has 1 saturated carbocycles. The van der Waals surface area contributed by atoms with E-state index in [0.29, 0.717) is 10.9 Å². The Labute approximate surface area is 156 Å². The summed E-state index contributed by atoms with van der Waals surface area (Å²) in [5.41, 5.74) is -0.0980. The average Bonchev–Trinajstić information content (AvgIpc) is 3.05. The molecule has 26 heavy (non-hydrogen) atoms. The van der Waals surface area contributed by atoms with Gasteiger partial charge in [0.15, 0.2) is 0 Å². The van der Waals surface area contributed by atoms with E-state index in [1.165, 1.54) is 30.2 Å². The highest BCUT2D eigenvalue weighted by atomic mass is 32.1. The van der Waals surface area contributed by atoms with E-state index in [1.54, 1.807) is 4.52 Å². The maximum atomic E-state index is 12.8. The van der Waals surface area contributed by atoms with Crippen LogP contribution in [0.25, 0.3) is 4.96 Å². The lowest BCUT2D eigenvalue weighted by Crippen LogP contribution is -2.38. The van der Waals surface area contributed by atoms with Crippen LogP contribution in [0.4, 0.5) is 5.13 Å². The number of carbonyl (C=O) groups excluding carboxylic acids is 1. The van der Waals surface area contributed by atoms with Crippen molar-refractivity contribution >= 4 is 27.3 Å². The number of anilines is 1. The van der Waals surface area contributed by atoms with Crippen LogP contribution in [-0.2, 0) is 0 Å². The molecule has 0 unspecified atom stereocenters. The summed E-state index contributed by atoms with van der Waals surface area (Å²) >= 11 is 1.38. The molecule has 4 rings (SSSR count). The predicted molar refractivity (Wildman–Crippen MR) is 102 cm³/mol. The van der Waals surface area contributed by atoms with Gasteiger partial charge < -0.3 is 10.2 Å². The van der Waals surface area contributed by atoms with Crippen molar-refractivity contribution in [3.63, 3.8) is 0 Å². The molecule has 0 radical (unpaired) electrons. The Morgan fingerprint density at radius 1 is 1.23 bits per heavy atom. The maximum absolute atomic E-state index is 12.8. The Hall–Kier alpha value is -1.96. The normalized spacial score (nSPS) is 21.9. The van der Waals surface area contributed by atoms with Crippen LogP contribution < -0.4 is 15.8 Å². The lowest BCUT2D eigenvalue weighted by molar-refractivity contribution is 0.0920. The molecule has 0 bridgehead atoms. The molecular weight excluding hydrogens is 350 g/mol. The van der Waals surface area contributed by atoms with Crippen molar-refractivity contribution in [1.29, 1.82) is 0 Å². The summed E-state index contributed by atoms with van der Waals surface area (Å²) < 4.78 is 1.54. The summed E-state index contributed by atoms with van der Waals surface area (Å²) in [6, 6.07) is 1.49. The third-order valence-electron chi connectivity index (χ3n) is 5.34. The summed E-state index contributed by atoms with van der Waals surface area (Å²) in [6.07, 6.45) is 7.89. The summed E-state index contributed by atoms with van der Waals surface area (Å²) in [6.45, 7) is 4.15. The molecule has 1 N–H and O–H groups in total. The third-order valence-corrected chi connectivity index (χ3v) is 6.31. The van der Waals surface area contributed by atoms with Crippen LogP contribution in [0.1, 0.15) is 62.4 Å². The highest BCUT2D eigenvalue weighted by Gasteiger charge is 2.23. The summed E-state index contributed by atoms with van der Waals surface area (Å²) in [5.74, 6) is 0.396. The van der Waals surface area contributed by atoms with E-state index in [0.717, 1.165) is 50.3 Å². The molecule has 140 valence electrons. The number of amides is 1. The summed E-state index contributed by atoms with van der Waals surface area (Å²) in [7, 11) is 0. The predicted octanol–water partition coefficient (Wildman–Crippen LogP) is 2.45. The van der Waals surface area contributed by atoms with Gasteiger partial charge in [-0.3, -0.25) is 9.59 Å². The number of aromatic nitrogens is 3. The smallest absolute Gasteiger partial charge is 0.274 e. The first-order chi connectivity index (χ1) is 12.6. The monoisotopic (exact) mass is 375 g/mol. The fraction of sp³-hybridized carbons (Fsp3) is 0.667. The number of hydrogen-bond donors (Lipinski definition) is 1. The molecule has 2 fully saturated rings. The summed E-state index contributed by atoms with van der Waals surface area (Å²) in [4.78, 5) is 31.5. The zero-order valence-corrected chi connectivity index (χ0v) is 15.9. The van der Waals surface area contributed by atoms with Crippen molar-refractivity contribution in [2.45, 2.75) is 57.9 Å². The quantitative estimate of drug-likeness (QED) is 0.891. The van der Waals surface area contributed by atoms with E-state index < -0.39 is 0 Å². The number of hydrogen-bond acceptors (Lipinski definition) is 6. The molecular formula is C18H25N5O2S. The first-order valence-corrected chi connectivity index (χ1v) is 10.4. The lowest BCUT2D eigenvalue weighted by atomic mass is 9.95. The van der Waals surface area contributed by atoms with Crippen molar-refractivity contribution < 1.29 is 4.79 Å². The van der Waals surface area contributed by atoms with Gasteiger partial charge in [-0.15, -0.1) is 5.10 Å². The summed E-state index contributed by atoms with van der Waals surface area (Å²) in [5, 5.41) is 8.53. The highest BCUT2D eigenvalue weighted by molar-refractivity contribution is 7.20. The van der Waals surface area contributed by atoms with Gasteiger partial charge in [-0.2, -0.15) is 9.50 Å². The first kappa shape index (κ1) is 17.5. The van der Waals surface area contributed by atoms with E-state index in [4.69, 9.17) is 0 Å². The fourth-order valence-corrected chi connectivity index (χ4v) is 4.91. The molecule has 0 aromatic carbocycles. The molecule has 1 amide bonds. The molecule has 2 aromatic heterocycles. The highest BCUT2D eigenvalue weighted by Crippen LogP contribution is 2.27. The Morgan fingerprint density at radius 3 is 2.81 bits per heavy atom. The molecule has 3 heterocycles. The number of nitrogens with zero attached hydrogens (tertiary/aromatic N) is 4. The van der Waals surface area contributed by atoms with Gasteiger partial charge in [-0.25, -0.2) is 0 Å². The van der Waals surface area contributed by atoms with Crippen LogP contribution in [0, 0.1) is 5.92 Å². The van der Waals surface area contributed by atoms with Gasteiger partial charge in [-0.1, -0.05) is 37.5 Å². The standard InChI is InChI=1S/C18H25N5O2S/c1-12-6-5-9-22(11-12)18-21-23-14(10-15(24)20-17(23)26-18)16(25)19-13-7-3-2-4-8-13/h10,12-13H,2-9,11H2,1H3,(H,19,25)/t12-/m0/s1. The molecule has 2 aliphatic rings. The SMILES string of the molecule is C[C@H]1CCCN(c2nn3c(C(=O)NC4CCCCC4)cc(=O)nc3s2)C1. The van der Waals surface area contributed by atoms with Gasteiger partial charge in [0.1, 0.15) is 5.69 Å². The zero-order valence-electron chi connectivity index (χ0n) is 15.1. The Kier molecular flexibility index (Phi) is 4.93. The molecule has 1 aliphatic carbocycles. The number of piperidine rings is 1. The minimum absolute atomic E-state index is 0.191. The van der Waals surface area contributed by atoms with E-state index >= 15 is 0 Å².